The molecule has 12 heteroatoms. The first-order chi connectivity index (χ1) is 18.5. The number of aryl methyl sites for hydroxylation is 1. The molecule has 1 aliphatic rings. The summed E-state index contributed by atoms with van der Waals surface area (Å²) < 4.78 is 0. The quantitative estimate of drug-likeness (QED) is 0.166. The zero-order valence-electron chi connectivity index (χ0n) is 22.9. The summed E-state index contributed by atoms with van der Waals surface area (Å²) in [5.41, 5.74) is 12.5. The summed E-state index contributed by atoms with van der Waals surface area (Å²) in [7, 11) is 0. The number of nitrogens with zero attached hydrogens (tertiary/aromatic N) is 5. The van der Waals surface area contributed by atoms with Crippen molar-refractivity contribution in [3.8, 4) is 10.4 Å². The molecule has 1 aromatic heterocycles. The number of unbranched alkanes of at least 4 members (excludes halogenated alkanes) is 1. The smallest absolute Gasteiger partial charge is 0.246 e. The minimum atomic E-state index is -0.870. The molecule has 39 heavy (non-hydrogen) atoms. The van der Waals surface area contributed by atoms with Gasteiger partial charge in [0.2, 0.25) is 17.7 Å². The zero-order chi connectivity index (χ0) is 28.6. The van der Waals surface area contributed by atoms with Crippen molar-refractivity contribution in [1.82, 2.24) is 20.5 Å². The predicted octanol–water partition coefficient (Wildman–Crippen LogP) is 3.71. The minimum Gasteiger partial charge on any atom is -0.391 e. The van der Waals surface area contributed by atoms with Gasteiger partial charge in [-0.1, -0.05) is 50.2 Å². The Hall–Kier alpha value is -3.47. The first-order valence-electron chi connectivity index (χ1n) is 13.1. The van der Waals surface area contributed by atoms with E-state index in [9.17, 15) is 19.5 Å². The second-order valence-corrected chi connectivity index (χ2v) is 11.7. The Morgan fingerprint density at radius 3 is 2.59 bits per heavy atom. The van der Waals surface area contributed by atoms with Gasteiger partial charge in [-0.3, -0.25) is 14.4 Å². The van der Waals surface area contributed by atoms with Gasteiger partial charge in [0.1, 0.15) is 12.1 Å². The third-order valence-corrected chi connectivity index (χ3v) is 7.66. The monoisotopic (exact) mass is 555 g/mol. The van der Waals surface area contributed by atoms with Crippen LogP contribution >= 0.6 is 11.3 Å². The van der Waals surface area contributed by atoms with Crippen molar-refractivity contribution < 1.29 is 19.5 Å². The maximum absolute atomic E-state index is 13.6. The van der Waals surface area contributed by atoms with Crippen LogP contribution in [0.5, 0.6) is 0 Å². The summed E-state index contributed by atoms with van der Waals surface area (Å²) in [6.07, 6.45) is 0.581. The fourth-order valence-electron chi connectivity index (χ4n) is 4.53. The van der Waals surface area contributed by atoms with Gasteiger partial charge >= 0.3 is 0 Å². The van der Waals surface area contributed by atoms with Gasteiger partial charge in [-0.15, -0.1) is 11.3 Å². The maximum Gasteiger partial charge on any atom is 0.246 e. The second-order valence-electron chi connectivity index (χ2n) is 10.9. The van der Waals surface area contributed by atoms with Crippen LogP contribution in [-0.4, -0.2) is 64.0 Å². The van der Waals surface area contributed by atoms with Gasteiger partial charge in [0.05, 0.1) is 22.2 Å². The lowest BCUT2D eigenvalue weighted by Crippen LogP contribution is -2.57. The molecule has 11 nitrogen and oxygen atoms in total. The first kappa shape index (κ1) is 30.1. The molecule has 1 fully saturated rings. The molecule has 3 N–H and O–H groups in total. The van der Waals surface area contributed by atoms with Gasteiger partial charge in [-0.2, -0.15) is 0 Å². The van der Waals surface area contributed by atoms with Crippen LogP contribution in [0, 0.1) is 12.3 Å². The van der Waals surface area contributed by atoms with Crippen LogP contribution in [0.25, 0.3) is 20.9 Å². The van der Waals surface area contributed by atoms with Gasteiger partial charge in [0, 0.05) is 37.4 Å². The highest BCUT2D eigenvalue weighted by molar-refractivity contribution is 7.13. The van der Waals surface area contributed by atoms with Crippen LogP contribution in [0.3, 0.4) is 0 Å². The SMILES string of the molecule is Cc1ncsc1-c1ccc(CNC(=O)C2CC(O)CN2C(=O)C(NC(=O)CCCCN=[N+]=[N-])C(C)(C)C)cc1. The average molecular weight is 556 g/mol. The van der Waals surface area contributed by atoms with Crippen molar-refractivity contribution in [1.29, 1.82) is 0 Å². The first-order valence-corrected chi connectivity index (χ1v) is 13.9. The number of carbonyl (C=O) groups excluding carboxylic acids is 3. The lowest BCUT2D eigenvalue weighted by Gasteiger charge is -2.35. The Bertz CT molecular complexity index is 1200. The fourth-order valence-corrected chi connectivity index (χ4v) is 5.34. The third kappa shape index (κ3) is 8.26. The lowest BCUT2D eigenvalue weighted by molar-refractivity contribution is -0.144. The van der Waals surface area contributed by atoms with Crippen LogP contribution in [-0.2, 0) is 20.9 Å². The molecule has 1 aromatic carbocycles. The van der Waals surface area contributed by atoms with E-state index in [1.807, 2.05) is 57.5 Å². The van der Waals surface area contributed by atoms with Crippen LogP contribution in [0.4, 0.5) is 0 Å². The van der Waals surface area contributed by atoms with Gasteiger partial charge in [-0.25, -0.2) is 4.98 Å². The number of azide groups is 1. The number of hydrogen-bond acceptors (Lipinski definition) is 7. The van der Waals surface area contributed by atoms with E-state index in [2.05, 4.69) is 25.6 Å². The molecule has 3 unspecified atom stereocenters. The number of thiazole rings is 1. The Kier molecular flexibility index (Phi) is 10.4. The highest BCUT2D eigenvalue weighted by Crippen LogP contribution is 2.28. The molecule has 1 saturated heterocycles. The molecular weight excluding hydrogens is 518 g/mol. The number of benzene rings is 1. The molecule has 0 spiro atoms. The molecule has 0 saturated carbocycles. The van der Waals surface area contributed by atoms with Gasteiger partial charge in [0.15, 0.2) is 0 Å². The van der Waals surface area contributed by atoms with Crippen molar-refractivity contribution in [3.63, 3.8) is 0 Å². The van der Waals surface area contributed by atoms with Crippen molar-refractivity contribution in [2.45, 2.75) is 78.1 Å². The van der Waals surface area contributed by atoms with E-state index in [1.54, 1.807) is 11.3 Å². The minimum absolute atomic E-state index is 0.0223. The Labute approximate surface area is 232 Å². The molecule has 1 aliphatic heterocycles. The number of aromatic nitrogens is 1. The Balaban J connectivity index is 1.62. The third-order valence-electron chi connectivity index (χ3n) is 6.69. The summed E-state index contributed by atoms with van der Waals surface area (Å²) in [4.78, 5) is 48.8. The molecular formula is C27H37N7O4S. The summed E-state index contributed by atoms with van der Waals surface area (Å²) in [5, 5.41) is 19.5. The van der Waals surface area contributed by atoms with Gasteiger partial charge in [-0.05, 0) is 41.8 Å². The Morgan fingerprint density at radius 1 is 1.26 bits per heavy atom. The van der Waals surface area contributed by atoms with Crippen LogP contribution in [0.2, 0.25) is 0 Å². The number of amides is 3. The number of hydrogen-bond donors (Lipinski definition) is 3. The maximum atomic E-state index is 13.6. The number of nitrogens with one attached hydrogen (secondary N) is 2. The summed E-state index contributed by atoms with van der Waals surface area (Å²) >= 11 is 1.58. The topological polar surface area (TPSA) is 160 Å². The van der Waals surface area contributed by atoms with E-state index in [4.69, 9.17) is 5.53 Å². The van der Waals surface area contributed by atoms with E-state index in [1.165, 1.54) is 4.90 Å². The normalized spacial score (nSPS) is 17.8. The van der Waals surface area contributed by atoms with Crippen molar-refractivity contribution in [3.05, 3.63) is 51.5 Å². The molecule has 3 amide bonds. The molecule has 0 bridgehead atoms. The molecule has 2 heterocycles. The number of aliphatic hydroxyl groups is 1. The number of likely N-dealkylation sites (tertiary alicyclic amines) is 1. The van der Waals surface area contributed by atoms with E-state index in [-0.39, 0.29) is 37.7 Å². The summed E-state index contributed by atoms with van der Waals surface area (Å²) in [6, 6.07) is 6.16. The lowest BCUT2D eigenvalue weighted by atomic mass is 9.85. The van der Waals surface area contributed by atoms with Crippen LogP contribution < -0.4 is 10.6 Å². The van der Waals surface area contributed by atoms with E-state index in [0.29, 0.717) is 19.4 Å². The second kappa shape index (κ2) is 13.5. The molecule has 210 valence electrons. The molecule has 3 atom stereocenters. The summed E-state index contributed by atoms with van der Waals surface area (Å²) in [5.74, 6) is -1.04. The largest absolute Gasteiger partial charge is 0.391 e. The fraction of sp³-hybridized carbons (Fsp3) is 0.556. The number of aliphatic hydroxyl groups excluding tert-OH is 1. The highest BCUT2D eigenvalue weighted by atomic mass is 32.1. The zero-order valence-corrected chi connectivity index (χ0v) is 23.7. The molecule has 2 aromatic rings. The predicted molar refractivity (Wildman–Crippen MR) is 150 cm³/mol. The Morgan fingerprint density at radius 2 is 1.97 bits per heavy atom. The van der Waals surface area contributed by atoms with E-state index < -0.39 is 29.5 Å². The van der Waals surface area contributed by atoms with E-state index >= 15 is 0 Å². The van der Waals surface area contributed by atoms with E-state index in [0.717, 1.165) is 21.7 Å². The van der Waals surface area contributed by atoms with Crippen molar-refractivity contribution in [2.75, 3.05) is 13.1 Å². The van der Waals surface area contributed by atoms with Crippen LogP contribution in [0.1, 0.15) is 57.7 Å². The number of β-amino-alcohol motifs (C(OH)–C–C–N with tert-alkyl or cyclic N) is 1. The van der Waals surface area contributed by atoms with Crippen molar-refractivity contribution >= 4 is 29.1 Å². The van der Waals surface area contributed by atoms with Gasteiger partial charge < -0.3 is 20.6 Å². The van der Waals surface area contributed by atoms with Crippen molar-refractivity contribution in [2.24, 2.45) is 10.5 Å². The molecule has 3 rings (SSSR count). The molecule has 0 aliphatic carbocycles. The van der Waals surface area contributed by atoms with Crippen LogP contribution in [0.15, 0.2) is 34.9 Å². The number of carbonyl (C=O) groups is 3. The standard InChI is InChI=1S/C27H37N7O4S/c1-17-23(39-16-30-17)19-10-8-18(9-11-19)14-29-25(37)21-13-20(35)15-34(21)26(38)24(27(2,3)4)32-22(36)7-5-6-12-31-33-28/h8-11,16,20-21,24,35H,5-7,12-15H2,1-4H3,(H,29,37)(H,32,36). The van der Waals surface area contributed by atoms with Gasteiger partial charge in [0.25, 0.3) is 0 Å². The highest BCUT2D eigenvalue weighted by Gasteiger charge is 2.44. The summed E-state index contributed by atoms with van der Waals surface area (Å²) in [6.45, 7) is 8.11. The number of rotatable bonds is 11. The molecule has 0 radical (unpaired) electrons. The average Bonchev–Trinajstić information content (AvgIpc) is 3.50.